The van der Waals surface area contributed by atoms with Gasteiger partial charge in [-0.25, -0.2) is 4.79 Å². The third kappa shape index (κ3) is 1.98. The summed E-state index contributed by atoms with van der Waals surface area (Å²) in [5, 5.41) is 18.3. The van der Waals surface area contributed by atoms with Crippen LogP contribution in [0.1, 0.15) is 20.3 Å². The first-order valence-corrected chi connectivity index (χ1v) is 4.06. The summed E-state index contributed by atoms with van der Waals surface area (Å²) >= 11 is 0. The maximum atomic E-state index is 11.0. The molecule has 2 atom stereocenters. The fourth-order valence-corrected chi connectivity index (χ4v) is 1.62. The second-order valence-electron chi connectivity index (χ2n) is 3.70. The lowest BCUT2D eigenvalue weighted by atomic mass is 10.0. The third-order valence-electron chi connectivity index (χ3n) is 2.21. The van der Waals surface area contributed by atoms with Gasteiger partial charge in [-0.2, -0.15) is 0 Å². The molecular weight excluding hydrogens is 174 g/mol. The van der Waals surface area contributed by atoms with Crippen LogP contribution in [0.2, 0.25) is 0 Å². The second kappa shape index (κ2) is 2.99. The molecule has 0 spiro atoms. The lowest BCUT2D eigenvalue weighted by molar-refractivity contribution is -0.147. The van der Waals surface area contributed by atoms with Crippen molar-refractivity contribution in [2.24, 2.45) is 0 Å². The molecule has 74 valence electrons. The molecule has 1 unspecified atom stereocenters. The summed E-state index contributed by atoms with van der Waals surface area (Å²) in [6.07, 6.45) is 0.0991. The van der Waals surface area contributed by atoms with E-state index in [2.05, 4.69) is 0 Å². The summed E-state index contributed by atoms with van der Waals surface area (Å²) in [5.41, 5.74) is -1.07. The normalized spacial score (nSPS) is 33.5. The van der Waals surface area contributed by atoms with Crippen molar-refractivity contribution in [1.29, 1.82) is 0 Å². The van der Waals surface area contributed by atoms with Gasteiger partial charge in [-0.3, -0.25) is 4.79 Å². The van der Waals surface area contributed by atoms with Gasteiger partial charge in [0.1, 0.15) is 6.04 Å². The summed E-state index contributed by atoms with van der Waals surface area (Å²) in [6, 6.07) is -0.882. The Morgan fingerprint density at radius 1 is 1.54 bits per heavy atom. The highest BCUT2D eigenvalue weighted by molar-refractivity contribution is 5.83. The number of likely N-dealkylation sites (tertiary alicyclic amines) is 1. The van der Waals surface area contributed by atoms with Crippen molar-refractivity contribution >= 4 is 11.9 Å². The molecule has 0 radical (unpaired) electrons. The van der Waals surface area contributed by atoms with Crippen molar-refractivity contribution in [3.05, 3.63) is 0 Å². The van der Waals surface area contributed by atoms with E-state index in [4.69, 9.17) is 5.11 Å². The zero-order chi connectivity index (χ0) is 10.2. The first-order chi connectivity index (χ1) is 5.83. The number of hydrogen-bond acceptors (Lipinski definition) is 3. The number of carboxylic acids is 1. The van der Waals surface area contributed by atoms with Crippen LogP contribution < -0.4 is 0 Å². The number of hydrogen-bond donors (Lipinski definition) is 2. The minimum absolute atomic E-state index is 0.0965. The van der Waals surface area contributed by atoms with Gasteiger partial charge in [0, 0.05) is 13.3 Å². The summed E-state index contributed by atoms with van der Waals surface area (Å²) in [5.74, 6) is -1.38. The van der Waals surface area contributed by atoms with E-state index in [1.165, 1.54) is 18.7 Å². The highest BCUT2D eigenvalue weighted by Crippen LogP contribution is 2.26. The fraction of sp³-hybridized carbons (Fsp3) is 0.750. The van der Waals surface area contributed by atoms with E-state index in [0.717, 1.165) is 0 Å². The summed E-state index contributed by atoms with van der Waals surface area (Å²) in [6.45, 7) is 2.93. The number of carbonyl (C=O) groups excluding carboxylic acids is 1. The van der Waals surface area contributed by atoms with Crippen molar-refractivity contribution in [2.75, 3.05) is 6.54 Å². The molecule has 1 saturated heterocycles. The van der Waals surface area contributed by atoms with Gasteiger partial charge in [0.2, 0.25) is 5.91 Å². The minimum Gasteiger partial charge on any atom is -0.480 e. The number of carbonyl (C=O) groups is 2. The van der Waals surface area contributed by atoms with Crippen LogP contribution in [0, 0.1) is 0 Å². The average Bonchev–Trinajstić information content (AvgIpc) is 2.26. The Balaban J connectivity index is 2.83. The SMILES string of the molecule is CC(=O)N1CC(C)(O)C[C@H]1C(=O)O. The third-order valence-corrected chi connectivity index (χ3v) is 2.21. The molecule has 1 fully saturated rings. The Morgan fingerprint density at radius 2 is 2.08 bits per heavy atom. The highest BCUT2D eigenvalue weighted by Gasteiger charge is 2.44. The number of amides is 1. The van der Waals surface area contributed by atoms with Crippen molar-refractivity contribution < 1.29 is 19.8 Å². The van der Waals surface area contributed by atoms with Crippen molar-refractivity contribution in [3.8, 4) is 0 Å². The second-order valence-corrected chi connectivity index (χ2v) is 3.70. The quantitative estimate of drug-likeness (QED) is 0.577. The molecule has 0 aromatic carbocycles. The van der Waals surface area contributed by atoms with Crippen LogP contribution in [0.15, 0.2) is 0 Å². The van der Waals surface area contributed by atoms with Crippen LogP contribution in [0.25, 0.3) is 0 Å². The van der Waals surface area contributed by atoms with Gasteiger partial charge in [-0.05, 0) is 6.92 Å². The number of nitrogens with zero attached hydrogens (tertiary/aromatic N) is 1. The van der Waals surface area contributed by atoms with Crippen LogP contribution in [0.4, 0.5) is 0 Å². The molecule has 1 amide bonds. The average molecular weight is 187 g/mol. The summed E-state index contributed by atoms with van der Waals surface area (Å²) < 4.78 is 0. The van der Waals surface area contributed by atoms with Gasteiger partial charge in [-0.1, -0.05) is 0 Å². The van der Waals surface area contributed by atoms with Crippen LogP contribution in [-0.4, -0.2) is 45.2 Å². The van der Waals surface area contributed by atoms with Gasteiger partial charge in [0.05, 0.1) is 12.1 Å². The largest absolute Gasteiger partial charge is 0.480 e. The molecule has 0 bridgehead atoms. The molecule has 2 N–H and O–H groups in total. The Hall–Kier alpha value is -1.10. The lowest BCUT2D eigenvalue weighted by Crippen LogP contribution is -2.39. The first-order valence-electron chi connectivity index (χ1n) is 4.06. The monoisotopic (exact) mass is 187 g/mol. The number of carboxylic acid groups (broad SMARTS) is 1. The Bertz CT molecular complexity index is 225. The molecule has 0 aromatic heterocycles. The molecule has 13 heavy (non-hydrogen) atoms. The lowest BCUT2D eigenvalue weighted by Gasteiger charge is -2.19. The minimum atomic E-state index is -1.07. The molecular formula is C8H13NO4. The number of rotatable bonds is 1. The molecule has 1 heterocycles. The molecule has 1 rings (SSSR count). The molecule has 0 aromatic rings. The Kier molecular flexibility index (Phi) is 2.30. The van der Waals surface area contributed by atoms with E-state index in [9.17, 15) is 14.7 Å². The molecule has 5 heteroatoms. The van der Waals surface area contributed by atoms with E-state index in [0.29, 0.717) is 0 Å². The van der Waals surface area contributed by atoms with Crippen molar-refractivity contribution in [2.45, 2.75) is 31.9 Å². The van der Waals surface area contributed by atoms with E-state index < -0.39 is 17.6 Å². The summed E-state index contributed by atoms with van der Waals surface area (Å²) in [7, 11) is 0. The van der Waals surface area contributed by atoms with E-state index in [1.54, 1.807) is 0 Å². The standard InChI is InChI=1S/C8H13NO4/c1-5(10)9-4-8(2,13)3-6(9)7(11)12/h6,13H,3-4H2,1-2H3,(H,11,12)/t6-,8?/m0/s1. The van der Waals surface area contributed by atoms with E-state index in [1.807, 2.05) is 0 Å². The van der Waals surface area contributed by atoms with Gasteiger partial charge in [0.25, 0.3) is 0 Å². The number of β-amino-alcohol motifs (C(OH)–C–C–N with tert-alkyl or cyclic N) is 1. The molecule has 0 saturated carbocycles. The van der Waals surface area contributed by atoms with Gasteiger partial charge >= 0.3 is 5.97 Å². The smallest absolute Gasteiger partial charge is 0.326 e. The topological polar surface area (TPSA) is 77.8 Å². The Morgan fingerprint density at radius 3 is 2.38 bits per heavy atom. The molecule has 1 aliphatic heterocycles. The highest BCUT2D eigenvalue weighted by atomic mass is 16.4. The predicted octanol–water partition coefficient (Wildman–Crippen LogP) is -0.557. The van der Waals surface area contributed by atoms with Crippen molar-refractivity contribution in [1.82, 2.24) is 4.90 Å². The van der Waals surface area contributed by atoms with Crippen LogP contribution in [0.3, 0.4) is 0 Å². The zero-order valence-electron chi connectivity index (χ0n) is 7.65. The Labute approximate surface area is 76.0 Å². The van der Waals surface area contributed by atoms with Crippen LogP contribution in [0.5, 0.6) is 0 Å². The van der Waals surface area contributed by atoms with Crippen molar-refractivity contribution in [3.63, 3.8) is 0 Å². The first kappa shape index (κ1) is 9.98. The molecule has 5 nitrogen and oxygen atoms in total. The molecule has 0 aliphatic carbocycles. The predicted molar refractivity (Wildman–Crippen MR) is 44.1 cm³/mol. The number of aliphatic carboxylic acids is 1. The summed E-state index contributed by atoms with van der Waals surface area (Å²) in [4.78, 5) is 22.9. The fourth-order valence-electron chi connectivity index (χ4n) is 1.62. The maximum absolute atomic E-state index is 11.0. The van der Waals surface area contributed by atoms with Crippen LogP contribution >= 0.6 is 0 Å². The van der Waals surface area contributed by atoms with Gasteiger partial charge in [0.15, 0.2) is 0 Å². The van der Waals surface area contributed by atoms with Crippen LogP contribution in [-0.2, 0) is 9.59 Å². The van der Waals surface area contributed by atoms with Gasteiger partial charge in [-0.15, -0.1) is 0 Å². The zero-order valence-corrected chi connectivity index (χ0v) is 7.65. The maximum Gasteiger partial charge on any atom is 0.326 e. The number of aliphatic hydroxyl groups is 1. The van der Waals surface area contributed by atoms with Gasteiger partial charge < -0.3 is 15.1 Å². The van der Waals surface area contributed by atoms with E-state index in [-0.39, 0.29) is 18.9 Å². The van der Waals surface area contributed by atoms with E-state index >= 15 is 0 Å². The molecule has 1 aliphatic rings.